The molecule has 0 saturated carbocycles. The molecular formula is C20H22ClN3O2. The number of hydrogen-bond donors (Lipinski definition) is 1. The van der Waals surface area contributed by atoms with Crippen LogP contribution in [-0.2, 0) is 11.2 Å². The number of carbonyl (C=O) groups is 2. The number of carbonyl (C=O) groups excluding carboxylic acids is 2. The van der Waals surface area contributed by atoms with E-state index in [0.29, 0.717) is 36.5 Å². The van der Waals surface area contributed by atoms with Crippen molar-refractivity contribution in [3.63, 3.8) is 0 Å². The summed E-state index contributed by atoms with van der Waals surface area (Å²) >= 11 is 5.96. The third kappa shape index (κ3) is 5.05. The Morgan fingerprint density at radius 2 is 1.88 bits per heavy atom. The minimum absolute atomic E-state index is 0.0260. The molecule has 2 aromatic rings. The van der Waals surface area contributed by atoms with Crippen LogP contribution in [0.4, 0.5) is 0 Å². The summed E-state index contributed by atoms with van der Waals surface area (Å²) in [6.07, 6.45) is 5.92. The number of halogens is 1. The standard InChI is InChI=1S/C20H22ClN3O2/c21-17-3-1-2-15(14-17)4-5-19(25)23-18-8-12-24(13-9-18)20(26)16-6-10-22-11-7-16/h1-3,6-7,10-11,14,18H,4-5,8-9,12-13H2,(H,23,25). The van der Waals surface area contributed by atoms with Gasteiger partial charge < -0.3 is 10.2 Å². The first-order valence-corrected chi connectivity index (χ1v) is 9.23. The van der Waals surface area contributed by atoms with Crippen molar-refractivity contribution in [2.45, 2.75) is 31.7 Å². The molecule has 0 spiro atoms. The predicted octanol–water partition coefficient (Wildman–Crippen LogP) is 3.09. The van der Waals surface area contributed by atoms with Gasteiger partial charge in [0.2, 0.25) is 5.91 Å². The summed E-state index contributed by atoms with van der Waals surface area (Å²) in [5.41, 5.74) is 1.72. The summed E-state index contributed by atoms with van der Waals surface area (Å²) in [5.74, 6) is 0.0713. The molecule has 2 heterocycles. The van der Waals surface area contributed by atoms with E-state index >= 15 is 0 Å². The van der Waals surface area contributed by atoms with Gasteiger partial charge in [-0.2, -0.15) is 0 Å². The zero-order valence-corrected chi connectivity index (χ0v) is 15.3. The zero-order valence-electron chi connectivity index (χ0n) is 14.5. The number of hydrogen-bond acceptors (Lipinski definition) is 3. The van der Waals surface area contributed by atoms with E-state index in [-0.39, 0.29) is 17.9 Å². The van der Waals surface area contributed by atoms with Crippen LogP contribution in [0.15, 0.2) is 48.8 Å². The first-order chi connectivity index (χ1) is 12.6. The Hall–Kier alpha value is -2.40. The molecule has 2 amide bonds. The lowest BCUT2D eigenvalue weighted by molar-refractivity contribution is -0.122. The molecule has 1 saturated heterocycles. The van der Waals surface area contributed by atoms with E-state index in [1.54, 1.807) is 24.5 Å². The number of likely N-dealkylation sites (tertiary alicyclic amines) is 1. The highest BCUT2D eigenvalue weighted by Gasteiger charge is 2.24. The topological polar surface area (TPSA) is 62.3 Å². The van der Waals surface area contributed by atoms with Gasteiger partial charge in [0.25, 0.3) is 5.91 Å². The average Bonchev–Trinajstić information content (AvgIpc) is 2.67. The summed E-state index contributed by atoms with van der Waals surface area (Å²) in [6, 6.07) is 11.2. The van der Waals surface area contributed by atoms with Crippen molar-refractivity contribution < 1.29 is 9.59 Å². The fourth-order valence-corrected chi connectivity index (χ4v) is 3.37. The van der Waals surface area contributed by atoms with E-state index in [1.807, 2.05) is 29.2 Å². The van der Waals surface area contributed by atoms with Crippen LogP contribution < -0.4 is 5.32 Å². The Balaban J connectivity index is 1.42. The van der Waals surface area contributed by atoms with Crippen LogP contribution in [0.25, 0.3) is 0 Å². The van der Waals surface area contributed by atoms with E-state index in [0.717, 1.165) is 18.4 Å². The van der Waals surface area contributed by atoms with Crippen molar-refractivity contribution in [2.24, 2.45) is 0 Å². The van der Waals surface area contributed by atoms with Crippen LogP contribution in [0.3, 0.4) is 0 Å². The van der Waals surface area contributed by atoms with Gasteiger partial charge in [-0.05, 0) is 49.1 Å². The summed E-state index contributed by atoms with van der Waals surface area (Å²) in [4.78, 5) is 30.4. The number of benzene rings is 1. The Morgan fingerprint density at radius 1 is 1.15 bits per heavy atom. The lowest BCUT2D eigenvalue weighted by Gasteiger charge is -2.32. The second-order valence-corrected chi connectivity index (χ2v) is 6.94. The van der Waals surface area contributed by atoms with Crippen molar-refractivity contribution in [1.29, 1.82) is 0 Å². The minimum Gasteiger partial charge on any atom is -0.353 e. The van der Waals surface area contributed by atoms with Crippen molar-refractivity contribution in [3.8, 4) is 0 Å². The van der Waals surface area contributed by atoms with Gasteiger partial charge in [-0.25, -0.2) is 0 Å². The second kappa shape index (κ2) is 8.81. The van der Waals surface area contributed by atoms with E-state index in [9.17, 15) is 9.59 Å². The Morgan fingerprint density at radius 3 is 2.58 bits per heavy atom. The molecule has 1 aromatic heterocycles. The number of aryl methyl sites for hydroxylation is 1. The van der Waals surface area contributed by atoms with E-state index in [4.69, 9.17) is 11.6 Å². The van der Waals surface area contributed by atoms with Gasteiger partial charge in [-0.1, -0.05) is 23.7 Å². The molecule has 0 unspecified atom stereocenters. The van der Waals surface area contributed by atoms with Gasteiger partial charge in [0.15, 0.2) is 0 Å². The fraction of sp³-hybridized carbons (Fsp3) is 0.350. The molecule has 3 rings (SSSR count). The predicted molar refractivity (Wildman–Crippen MR) is 101 cm³/mol. The average molecular weight is 372 g/mol. The number of amides is 2. The number of piperidine rings is 1. The second-order valence-electron chi connectivity index (χ2n) is 6.50. The summed E-state index contributed by atoms with van der Waals surface area (Å²) < 4.78 is 0. The summed E-state index contributed by atoms with van der Waals surface area (Å²) in [5, 5.41) is 3.77. The summed E-state index contributed by atoms with van der Waals surface area (Å²) in [6.45, 7) is 1.31. The number of pyridine rings is 1. The fourth-order valence-electron chi connectivity index (χ4n) is 3.15. The maximum absolute atomic E-state index is 12.4. The Kier molecular flexibility index (Phi) is 6.23. The highest BCUT2D eigenvalue weighted by Crippen LogP contribution is 2.15. The molecule has 1 aromatic carbocycles. The normalized spacial score (nSPS) is 14.9. The molecule has 0 radical (unpaired) electrons. The van der Waals surface area contributed by atoms with Crippen LogP contribution in [-0.4, -0.2) is 40.8 Å². The lowest BCUT2D eigenvalue weighted by Crippen LogP contribution is -2.46. The van der Waals surface area contributed by atoms with E-state index < -0.39 is 0 Å². The lowest BCUT2D eigenvalue weighted by atomic mass is 10.0. The first-order valence-electron chi connectivity index (χ1n) is 8.85. The molecule has 6 heteroatoms. The molecular weight excluding hydrogens is 350 g/mol. The highest BCUT2D eigenvalue weighted by molar-refractivity contribution is 6.30. The SMILES string of the molecule is O=C(CCc1cccc(Cl)c1)NC1CCN(C(=O)c2ccncc2)CC1. The van der Waals surface area contributed by atoms with Crippen LogP contribution in [0.5, 0.6) is 0 Å². The maximum atomic E-state index is 12.4. The van der Waals surface area contributed by atoms with Gasteiger partial charge in [-0.3, -0.25) is 14.6 Å². The van der Waals surface area contributed by atoms with Gasteiger partial charge in [0, 0.05) is 48.5 Å². The summed E-state index contributed by atoms with van der Waals surface area (Å²) in [7, 11) is 0. The molecule has 0 bridgehead atoms. The number of aromatic nitrogens is 1. The molecule has 1 fully saturated rings. The zero-order chi connectivity index (χ0) is 18.4. The third-order valence-corrected chi connectivity index (χ3v) is 4.84. The van der Waals surface area contributed by atoms with Gasteiger partial charge in [0.05, 0.1) is 0 Å². The van der Waals surface area contributed by atoms with Crippen LogP contribution in [0.2, 0.25) is 5.02 Å². The molecule has 0 atom stereocenters. The van der Waals surface area contributed by atoms with Gasteiger partial charge in [-0.15, -0.1) is 0 Å². The maximum Gasteiger partial charge on any atom is 0.253 e. The molecule has 5 nitrogen and oxygen atoms in total. The first kappa shape index (κ1) is 18.4. The van der Waals surface area contributed by atoms with E-state index in [1.165, 1.54) is 0 Å². The van der Waals surface area contributed by atoms with Gasteiger partial charge in [0.1, 0.15) is 0 Å². The van der Waals surface area contributed by atoms with Gasteiger partial charge >= 0.3 is 0 Å². The molecule has 1 aliphatic rings. The van der Waals surface area contributed by atoms with Crippen molar-refractivity contribution >= 4 is 23.4 Å². The van der Waals surface area contributed by atoms with Crippen LogP contribution in [0, 0.1) is 0 Å². The highest BCUT2D eigenvalue weighted by atomic mass is 35.5. The molecule has 1 aliphatic heterocycles. The number of nitrogens with zero attached hydrogens (tertiary/aromatic N) is 2. The molecule has 0 aliphatic carbocycles. The van der Waals surface area contributed by atoms with Crippen molar-refractivity contribution in [3.05, 3.63) is 64.9 Å². The Labute approximate surface area is 158 Å². The van der Waals surface area contributed by atoms with Crippen molar-refractivity contribution in [1.82, 2.24) is 15.2 Å². The van der Waals surface area contributed by atoms with E-state index in [2.05, 4.69) is 10.3 Å². The van der Waals surface area contributed by atoms with Crippen LogP contribution in [0.1, 0.15) is 35.2 Å². The molecule has 26 heavy (non-hydrogen) atoms. The van der Waals surface area contributed by atoms with Crippen LogP contribution >= 0.6 is 11.6 Å². The molecule has 1 N–H and O–H groups in total. The number of rotatable bonds is 5. The minimum atomic E-state index is 0.0260. The quantitative estimate of drug-likeness (QED) is 0.878. The molecule has 136 valence electrons. The smallest absolute Gasteiger partial charge is 0.253 e. The third-order valence-electron chi connectivity index (χ3n) is 4.60. The number of nitrogens with one attached hydrogen (secondary N) is 1. The monoisotopic (exact) mass is 371 g/mol. The Bertz CT molecular complexity index is 759. The van der Waals surface area contributed by atoms with Crippen molar-refractivity contribution in [2.75, 3.05) is 13.1 Å². The largest absolute Gasteiger partial charge is 0.353 e.